The van der Waals surface area contributed by atoms with Gasteiger partial charge in [-0.2, -0.15) is 11.8 Å². The molecule has 2 atom stereocenters. The van der Waals surface area contributed by atoms with Gasteiger partial charge >= 0.3 is 5.97 Å². The quantitative estimate of drug-likeness (QED) is 0.806. The molecule has 4 heteroatoms. The molecule has 0 aromatic heterocycles. The van der Waals surface area contributed by atoms with Crippen LogP contribution >= 0.6 is 11.8 Å². The van der Waals surface area contributed by atoms with Crippen LogP contribution in [0.15, 0.2) is 24.3 Å². The third-order valence-electron chi connectivity index (χ3n) is 3.31. The van der Waals surface area contributed by atoms with Crippen LogP contribution in [-0.2, 0) is 4.79 Å². The highest BCUT2D eigenvalue weighted by molar-refractivity contribution is 7.99. The molecule has 0 saturated carbocycles. The number of carbonyl (C=O) groups is 1. The lowest BCUT2D eigenvalue weighted by Crippen LogP contribution is -2.32. The molecule has 0 amide bonds. The highest BCUT2D eigenvalue weighted by atomic mass is 32.2. The van der Waals surface area contributed by atoms with Gasteiger partial charge in [-0.25, -0.2) is 0 Å². The number of benzene rings is 1. The minimum absolute atomic E-state index is 0.279. The molecule has 0 radical (unpaired) electrons. The van der Waals surface area contributed by atoms with Crippen molar-refractivity contribution in [3.63, 3.8) is 0 Å². The Hall–Kier alpha value is -1.00. The highest BCUT2D eigenvalue weighted by Gasteiger charge is 2.20. The normalized spacial score (nSPS) is 14.6. The van der Waals surface area contributed by atoms with Crippen LogP contribution in [0.25, 0.3) is 0 Å². The topological polar surface area (TPSA) is 63.3 Å². The van der Waals surface area contributed by atoms with Crippen molar-refractivity contribution in [3.8, 4) is 0 Å². The van der Waals surface area contributed by atoms with Crippen molar-refractivity contribution >= 4 is 17.7 Å². The zero-order chi connectivity index (χ0) is 15.3. The Morgan fingerprint density at radius 2 is 1.65 bits per heavy atom. The first kappa shape index (κ1) is 17.1. The first-order chi connectivity index (χ1) is 9.32. The summed E-state index contributed by atoms with van der Waals surface area (Å²) < 4.78 is 0. The van der Waals surface area contributed by atoms with E-state index in [1.165, 1.54) is 11.1 Å². The standard InChI is InChI=1S/C16H25NO2S/c1-10(2)12-5-7-13(8-6-12)15(11(3)4)20-9-14(17)16(18)19/h5-8,10-11,14-15H,9,17H2,1-4H3,(H,18,19)/t14-,15?/m0/s1. The van der Waals surface area contributed by atoms with E-state index in [9.17, 15) is 4.79 Å². The van der Waals surface area contributed by atoms with Crippen molar-refractivity contribution < 1.29 is 9.90 Å². The zero-order valence-electron chi connectivity index (χ0n) is 12.7. The van der Waals surface area contributed by atoms with Gasteiger partial charge in [-0.15, -0.1) is 0 Å². The summed E-state index contributed by atoms with van der Waals surface area (Å²) in [6.45, 7) is 8.66. The second kappa shape index (κ2) is 7.70. The van der Waals surface area contributed by atoms with E-state index in [2.05, 4.69) is 52.0 Å². The Morgan fingerprint density at radius 3 is 2.05 bits per heavy atom. The van der Waals surface area contributed by atoms with E-state index >= 15 is 0 Å². The summed E-state index contributed by atoms with van der Waals surface area (Å²) >= 11 is 1.63. The fourth-order valence-electron chi connectivity index (χ4n) is 2.02. The second-order valence-electron chi connectivity index (χ2n) is 5.76. The van der Waals surface area contributed by atoms with E-state index in [0.717, 1.165) is 0 Å². The van der Waals surface area contributed by atoms with E-state index in [0.29, 0.717) is 17.6 Å². The van der Waals surface area contributed by atoms with E-state index in [1.807, 2.05) is 0 Å². The molecule has 1 aromatic rings. The lowest BCUT2D eigenvalue weighted by molar-refractivity contribution is -0.137. The van der Waals surface area contributed by atoms with Crippen molar-refractivity contribution in [2.24, 2.45) is 11.7 Å². The second-order valence-corrected chi connectivity index (χ2v) is 6.94. The van der Waals surface area contributed by atoms with Gasteiger partial charge in [0.15, 0.2) is 0 Å². The Kier molecular flexibility index (Phi) is 6.56. The van der Waals surface area contributed by atoms with Gasteiger partial charge in [0.25, 0.3) is 0 Å². The average Bonchev–Trinajstić information content (AvgIpc) is 2.38. The Labute approximate surface area is 125 Å². The van der Waals surface area contributed by atoms with Crippen LogP contribution < -0.4 is 5.73 Å². The number of hydrogen-bond donors (Lipinski definition) is 2. The summed E-state index contributed by atoms with van der Waals surface area (Å²) in [4.78, 5) is 10.8. The molecule has 20 heavy (non-hydrogen) atoms. The predicted octanol–water partition coefficient (Wildman–Crippen LogP) is 3.65. The van der Waals surface area contributed by atoms with E-state index < -0.39 is 12.0 Å². The molecular formula is C16H25NO2S. The van der Waals surface area contributed by atoms with Gasteiger partial charge in [-0.3, -0.25) is 4.79 Å². The number of hydrogen-bond acceptors (Lipinski definition) is 3. The van der Waals surface area contributed by atoms with Crippen LogP contribution in [-0.4, -0.2) is 22.9 Å². The number of aliphatic carboxylic acids is 1. The van der Waals surface area contributed by atoms with Gasteiger partial charge in [0, 0.05) is 11.0 Å². The van der Waals surface area contributed by atoms with E-state index in [4.69, 9.17) is 10.8 Å². The van der Waals surface area contributed by atoms with Crippen molar-refractivity contribution in [1.29, 1.82) is 0 Å². The lowest BCUT2D eigenvalue weighted by atomic mass is 9.97. The van der Waals surface area contributed by atoms with Gasteiger partial charge < -0.3 is 10.8 Å². The maximum atomic E-state index is 10.8. The first-order valence-corrected chi connectivity index (χ1v) is 8.07. The number of carboxylic acid groups (broad SMARTS) is 1. The molecular weight excluding hydrogens is 270 g/mol. The molecule has 1 aromatic carbocycles. The molecule has 0 bridgehead atoms. The van der Waals surface area contributed by atoms with Crippen molar-refractivity contribution in [2.45, 2.75) is 44.9 Å². The van der Waals surface area contributed by atoms with Crippen LogP contribution in [0.1, 0.15) is 50.0 Å². The maximum absolute atomic E-state index is 10.8. The van der Waals surface area contributed by atoms with E-state index in [1.54, 1.807) is 11.8 Å². The molecule has 112 valence electrons. The molecule has 0 spiro atoms. The molecule has 3 N–H and O–H groups in total. The molecule has 0 heterocycles. The smallest absolute Gasteiger partial charge is 0.321 e. The Balaban J connectivity index is 2.78. The number of carboxylic acids is 1. The first-order valence-electron chi connectivity index (χ1n) is 7.02. The molecule has 0 aliphatic heterocycles. The SMILES string of the molecule is CC(C)c1ccc(C(SC[C@H](N)C(=O)O)C(C)C)cc1. The van der Waals surface area contributed by atoms with Crippen LogP contribution in [0.2, 0.25) is 0 Å². The maximum Gasteiger partial charge on any atom is 0.321 e. The largest absolute Gasteiger partial charge is 0.480 e. The molecule has 0 aliphatic carbocycles. The summed E-state index contributed by atoms with van der Waals surface area (Å²) in [5, 5.41) is 9.14. The monoisotopic (exact) mass is 295 g/mol. The van der Waals surface area contributed by atoms with E-state index in [-0.39, 0.29) is 5.25 Å². The average molecular weight is 295 g/mol. The van der Waals surface area contributed by atoms with Gasteiger partial charge in [0.05, 0.1) is 0 Å². The molecule has 0 saturated heterocycles. The van der Waals surface area contributed by atoms with Crippen molar-refractivity contribution in [2.75, 3.05) is 5.75 Å². The zero-order valence-corrected chi connectivity index (χ0v) is 13.5. The third-order valence-corrected chi connectivity index (χ3v) is 5.04. The Bertz CT molecular complexity index is 429. The van der Waals surface area contributed by atoms with Gasteiger partial charge in [0.2, 0.25) is 0 Å². The molecule has 3 nitrogen and oxygen atoms in total. The highest BCUT2D eigenvalue weighted by Crippen LogP contribution is 2.36. The number of rotatable bonds is 7. The van der Waals surface area contributed by atoms with Gasteiger partial charge in [-0.05, 0) is 23.0 Å². The minimum Gasteiger partial charge on any atom is -0.480 e. The lowest BCUT2D eigenvalue weighted by Gasteiger charge is -2.22. The molecule has 1 rings (SSSR count). The third kappa shape index (κ3) is 4.84. The summed E-state index contributed by atoms with van der Waals surface area (Å²) in [7, 11) is 0. The molecule has 1 unspecified atom stereocenters. The van der Waals surface area contributed by atoms with Crippen LogP contribution in [0, 0.1) is 5.92 Å². The predicted molar refractivity (Wildman–Crippen MR) is 86.2 cm³/mol. The van der Waals surface area contributed by atoms with Gasteiger partial charge in [-0.1, -0.05) is 52.0 Å². The summed E-state index contributed by atoms with van der Waals surface area (Å²) in [5.74, 6) is 0.458. The number of nitrogens with two attached hydrogens (primary N) is 1. The fraction of sp³-hybridized carbons (Fsp3) is 0.562. The molecule has 0 aliphatic rings. The number of thioether (sulfide) groups is 1. The summed E-state index contributed by atoms with van der Waals surface area (Å²) in [6.07, 6.45) is 0. The van der Waals surface area contributed by atoms with Gasteiger partial charge in [0.1, 0.15) is 6.04 Å². The minimum atomic E-state index is -0.935. The van der Waals surface area contributed by atoms with Crippen LogP contribution in [0.4, 0.5) is 0 Å². The van der Waals surface area contributed by atoms with Crippen molar-refractivity contribution in [1.82, 2.24) is 0 Å². The fourth-order valence-corrected chi connectivity index (χ4v) is 3.31. The molecule has 0 fully saturated rings. The summed E-state index contributed by atoms with van der Waals surface area (Å²) in [5.41, 5.74) is 8.15. The Morgan fingerprint density at radius 1 is 1.15 bits per heavy atom. The summed E-state index contributed by atoms with van der Waals surface area (Å²) in [6, 6.07) is 7.83. The van der Waals surface area contributed by atoms with Crippen LogP contribution in [0.5, 0.6) is 0 Å². The van der Waals surface area contributed by atoms with Crippen molar-refractivity contribution in [3.05, 3.63) is 35.4 Å². The van der Waals surface area contributed by atoms with Crippen LogP contribution in [0.3, 0.4) is 0 Å².